The normalized spacial score (nSPS) is 34.3. The Morgan fingerprint density at radius 2 is 2.29 bits per heavy atom. The fraction of sp³-hybridized carbons (Fsp3) is 1.00. The number of hydrogen-bond donors (Lipinski definition) is 2. The van der Waals surface area contributed by atoms with Gasteiger partial charge in [-0.05, 0) is 38.1 Å². The standard InChI is InChI=1S/C11H22N2O/c1-4-11(8-12-5-1)13-7-10-3-2-6-14-9-10/h10-13H,1-9H2. The summed E-state index contributed by atoms with van der Waals surface area (Å²) >= 11 is 0. The fourth-order valence-corrected chi connectivity index (χ4v) is 2.33. The van der Waals surface area contributed by atoms with Crippen LogP contribution < -0.4 is 10.6 Å². The Morgan fingerprint density at radius 1 is 1.29 bits per heavy atom. The van der Waals surface area contributed by atoms with E-state index >= 15 is 0 Å². The van der Waals surface area contributed by atoms with Crippen LogP contribution in [0.1, 0.15) is 25.7 Å². The second-order valence-electron chi connectivity index (χ2n) is 4.53. The van der Waals surface area contributed by atoms with Crippen molar-refractivity contribution in [2.45, 2.75) is 31.7 Å². The van der Waals surface area contributed by atoms with Crippen LogP contribution in [0.25, 0.3) is 0 Å². The average Bonchev–Trinajstić information content (AvgIpc) is 2.29. The van der Waals surface area contributed by atoms with Gasteiger partial charge < -0.3 is 15.4 Å². The predicted molar refractivity (Wildman–Crippen MR) is 57.4 cm³/mol. The largest absolute Gasteiger partial charge is 0.381 e. The van der Waals surface area contributed by atoms with Crippen LogP contribution in [0.4, 0.5) is 0 Å². The van der Waals surface area contributed by atoms with Crippen molar-refractivity contribution in [3.05, 3.63) is 0 Å². The molecule has 2 unspecified atom stereocenters. The van der Waals surface area contributed by atoms with Gasteiger partial charge in [0.25, 0.3) is 0 Å². The smallest absolute Gasteiger partial charge is 0.0506 e. The third kappa shape index (κ3) is 3.23. The Balaban J connectivity index is 1.60. The minimum atomic E-state index is 0.700. The highest BCUT2D eigenvalue weighted by Gasteiger charge is 2.17. The molecule has 14 heavy (non-hydrogen) atoms. The average molecular weight is 198 g/mol. The van der Waals surface area contributed by atoms with Gasteiger partial charge in [-0.15, -0.1) is 0 Å². The van der Waals surface area contributed by atoms with E-state index in [9.17, 15) is 0 Å². The van der Waals surface area contributed by atoms with Crippen molar-refractivity contribution in [2.24, 2.45) is 5.92 Å². The molecule has 0 bridgehead atoms. The van der Waals surface area contributed by atoms with Gasteiger partial charge in [0.15, 0.2) is 0 Å². The third-order valence-corrected chi connectivity index (χ3v) is 3.25. The van der Waals surface area contributed by atoms with Crippen molar-refractivity contribution >= 4 is 0 Å². The van der Waals surface area contributed by atoms with E-state index in [1.165, 1.54) is 32.2 Å². The molecule has 0 aliphatic carbocycles. The highest BCUT2D eigenvalue weighted by molar-refractivity contribution is 4.77. The molecule has 3 heteroatoms. The van der Waals surface area contributed by atoms with E-state index in [4.69, 9.17) is 4.74 Å². The maximum atomic E-state index is 5.47. The first-order chi connectivity index (χ1) is 6.95. The monoisotopic (exact) mass is 198 g/mol. The van der Waals surface area contributed by atoms with Crippen LogP contribution in [0, 0.1) is 5.92 Å². The number of piperidine rings is 1. The Bertz CT molecular complexity index is 133. The molecule has 0 saturated carbocycles. The summed E-state index contributed by atoms with van der Waals surface area (Å²) in [4.78, 5) is 0. The van der Waals surface area contributed by atoms with E-state index in [-0.39, 0.29) is 0 Å². The Labute approximate surface area is 86.6 Å². The highest BCUT2D eigenvalue weighted by Crippen LogP contribution is 2.13. The molecule has 2 aliphatic heterocycles. The maximum Gasteiger partial charge on any atom is 0.0506 e. The Morgan fingerprint density at radius 3 is 3.00 bits per heavy atom. The molecule has 0 radical (unpaired) electrons. The molecule has 2 fully saturated rings. The van der Waals surface area contributed by atoms with Crippen LogP contribution >= 0.6 is 0 Å². The summed E-state index contributed by atoms with van der Waals surface area (Å²) in [6, 6.07) is 0.700. The van der Waals surface area contributed by atoms with Crippen LogP contribution in [-0.2, 0) is 4.74 Å². The molecule has 0 aromatic rings. The first-order valence-electron chi connectivity index (χ1n) is 5.97. The van der Waals surface area contributed by atoms with Gasteiger partial charge in [0.1, 0.15) is 0 Å². The van der Waals surface area contributed by atoms with Crippen LogP contribution in [0.15, 0.2) is 0 Å². The van der Waals surface area contributed by atoms with Gasteiger partial charge in [0.2, 0.25) is 0 Å². The van der Waals surface area contributed by atoms with Crippen LogP contribution in [-0.4, -0.2) is 38.9 Å². The summed E-state index contributed by atoms with van der Waals surface area (Å²) in [5.41, 5.74) is 0. The molecule has 3 nitrogen and oxygen atoms in total. The molecule has 2 heterocycles. The van der Waals surface area contributed by atoms with E-state index < -0.39 is 0 Å². The first-order valence-corrected chi connectivity index (χ1v) is 5.97. The summed E-state index contributed by atoms with van der Waals surface area (Å²) in [6.07, 6.45) is 5.24. The third-order valence-electron chi connectivity index (χ3n) is 3.25. The van der Waals surface area contributed by atoms with E-state index in [1.807, 2.05) is 0 Å². The summed E-state index contributed by atoms with van der Waals surface area (Å²) < 4.78 is 5.47. The van der Waals surface area contributed by atoms with E-state index in [0.29, 0.717) is 6.04 Å². The number of ether oxygens (including phenoxy) is 1. The minimum absolute atomic E-state index is 0.700. The Hall–Kier alpha value is -0.120. The van der Waals surface area contributed by atoms with Gasteiger partial charge in [0.05, 0.1) is 6.61 Å². The molecule has 2 N–H and O–H groups in total. The van der Waals surface area contributed by atoms with Crippen molar-refractivity contribution in [1.82, 2.24) is 10.6 Å². The van der Waals surface area contributed by atoms with Crippen LogP contribution in [0.2, 0.25) is 0 Å². The second-order valence-corrected chi connectivity index (χ2v) is 4.53. The molecule has 2 rings (SSSR count). The molecule has 2 atom stereocenters. The highest BCUT2D eigenvalue weighted by atomic mass is 16.5. The second kappa shape index (κ2) is 5.69. The van der Waals surface area contributed by atoms with Crippen molar-refractivity contribution in [3.63, 3.8) is 0 Å². The predicted octanol–water partition coefficient (Wildman–Crippen LogP) is 0.755. The molecule has 0 amide bonds. The molecule has 0 aromatic heterocycles. The SMILES string of the molecule is C1COCC(CNC2CCCNC2)C1. The first kappa shape index (κ1) is 10.4. The fourth-order valence-electron chi connectivity index (χ4n) is 2.33. The van der Waals surface area contributed by atoms with Gasteiger partial charge in [0, 0.05) is 25.7 Å². The Kier molecular flexibility index (Phi) is 4.22. The van der Waals surface area contributed by atoms with Crippen LogP contribution in [0.5, 0.6) is 0 Å². The topological polar surface area (TPSA) is 33.3 Å². The summed E-state index contributed by atoms with van der Waals surface area (Å²) in [6.45, 7) is 5.43. The number of hydrogen-bond acceptors (Lipinski definition) is 3. The van der Waals surface area contributed by atoms with Gasteiger partial charge >= 0.3 is 0 Å². The van der Waals surface area contributed by atoms with Crippen molar-refractivity contribution in [2.75, 3.05) is 32.8 Å². The molecule has 82 valence electrons. The van der Waals surface area contributed by atoms with Gasteiger partial charge in [-0.2, -0.15) is 0 Å². The van der Waals surface area contributed by atoms with Gasteiger partial charge in [-0.1, -0.05) is 0 Å². The molecular weight excluding hydrogens is 176 g/mol. The zero-order chi connectivity index (χ0) is 9.64. The van der Waals surface area contributed by atoms with Crippen LogP contribution in [0.3, 0.4) is 0 Å². The van der Waals surface area contributed by atoms with Crippen molar-refractivity contribution in [1.29, 1.82) is 0 Å². The van der Waals surface area contributed by atoms with Gasteiger partial charge in [-0.3, -0.25) is 0 Å². The molecule has 0 aromatic carbocycles. The van der Waals surface area contributed by atoms with E-state index in [0.717, 1.165) is 32.2 Å². The maximum absolute atomic E-state index is 5.47. The van der Waals surface area contributed by atoms with Crippen molar-refractivity contribution in [3.8, 4) is 0 Å². The summed E-state index contributed by atoms with van der Waals surface area (Å²) in [5.74, 6) is 0.755. The van der Waals surface area contributed by atoms with E-state index in [1.54, 1.807) is 0 Å². The molecular formula is C11H22N2O. The lowest BCUT2D eigenvalue weighted by molar-refractivity contribution is 0.0534. The zero-order valence-corrected chi connectivity index (χ0v) is 8.93. The quantitative estimate of drug-likeness (QED) is 0.702. The lowest BCUT2D eigenvalue weighted by Crippen LogP contribution is -2.45. The molecule has 0 spiro atoms. The van der Waals surface area contributed by atoms with E-state index in [2.05, 4.69) is 10.6 Å². The van der Waals surface area contributed by atoms with Gasteiger partial charge in [-0.25, -0.2) is 0 Å². The zero-order valence-electron chi connectivity index (χ0n) is 8.93. The van der Waals surface area contributed by atoms with Crippen molar-refractivity contribution < 1.29 is 4.74 Å². The molecule has 2 aliphatic rings. The number of rotatable bonds is 3. The number of nitrogens with one attached hydrogen (secondary N) is 2. The minimum Gasteiger partial charge on any atom is -0.381 e. The lowest BCUT2D eigenvalue weighted by atomic mass is 10.0. The molecule has 2 saturated heterocycles. The summed E-state index contributed by atoms with van der Waals surface area (Å²) in [5, 5.41) is 7.08. The lowest BCUT2D eigenvalue weighted by Gasteiger charge is -2.28. The summed E-state index contributed by atoms with van der Waals surface area (Å²) in [7, 11) is 0.